The van der Waals surface area contributed by atoms with Crippen molar-refractivity contribution in [3.8, 4) is 17.2 Å². The van der Waals surface area contributed by atoms with Crippen LogP contribution in [-0.4, -0.2) is 32.1 Å². The zero-order valence-corrected chi connectivity index (χ0v) is 15.3. The number of hydrogen-bond acceptors (Lipinski definition) is 5. The first-order chi connectivity index (χ1) is 13.0. The van der Waals surface area contributed by atoms with E-state index in [0.29, 0.717) is 29.4 Å². The van der Waals surface area contributed by atoms with Crippen LogP contribution in [-0.2, 0) is 4.79 Å². The molecular formula is C20H22N2O5. The molecule has 0 saturated carbocycles. The summed E-state index contributed by atoms with van der Waals surface area (Å²) in [5.74, 6) is 0.643. The molecule has 2 N–H and O–H groups in total. The van der Waals surface area contributed by atoms with E-state index in [1.165, 1.54) is 7.11 Å². The molecule has 0 aromatic heterocycles. The predicted molar refractivity (Wildman–Crippen MR) is 101 cm³/mol. The molecule has 2 aromatic carbocycles. The molecule has 0 atom stereocenters. The molecule has 0 aliphatic rings. The highest BCUT2D eigenvalue weighted by atomic mass is 16.5. The third kappa shape index (κ3) is 6.07. The van der Waals surface area contributed by atoms with E-state index in [4.69, 9.17) is 14.2 Å². The fourth-order valence-electron chi connectivity index (χ4n) is 2.13. The maximum atomic E-state index is 12.0. The van der Waals surface area contributed by atoms with Crippen molar-refractivity contribution in [2.75, 3.05) is 20.3 Å². The highest BCUT2D eigenvalue weighted by Crippen LogP contribution is 2.27. The molecule has 0 spiro atoms. The zero-order chi connectivity index (χ0) is 19.6. The lowest BCUT2D eigenvalue weighted by Crippen LogP contribution is -2.43. The van der Waals surface area contributed by atoms with Crippen LogP contribution in [0.2, 0.25) is 0 Å². The Hall–Kier alpha value is -3.48. The number of hydrogen-bond donors (Lipinski definition) is 2. The van der Waals surface area contributed by atoms with Crippen LogP contribution in [0, 0.1) is 6.92 Å². The monoisotopic (exact) mass is 370 g/mol. The summed E-state index contributed by atoms with van der Waals surface area (Å²) in [4.78, 5) is 23.9. The maximum absolute atomic E-state index is 12.0. The fourth-order valence-corrected chi connectivity index (χ4v) is 2.13. The molecular weight excluding hydrogens is 348 g/mol. The van der Waals surface area contributed by atoms with Crippen LogP contribution in [0.3, 0.4) is 0 Å². The highest BCUT2D eigenvalue weighted by molar-refractivity contribution is 5.95. The second-order valence-corrected chi connectivity index (χ2v) is 5.57. The Labute approximate surface area is 157 Å². The minimum atomic E-state index is -0.503. The number of carbonyl (C=O) groups is 2. The lowest BCUT2D eigenvalue weighted by Gasteiger charge is -2.12. The van der Waals surface area contributed by atoms with Crippen LogP contribution in [0.15, 0.2) is 55.1 Å². The van der Waals surface area contributed by atoms with Gasteiger partial charge in [-0.1, -0.05) is 18.7 Å². The number of hydrazine groups is 1. The lowest BCUT2D eigenvalue weighted by molar-refractivity contribution is -0.123. The molecule has 2 aromatic rings. The highest BCUT2D eigenvalue weighted by Gasteiger charge is 2.10. The van der Waals surface area contributed by atoms with Gasteiger partial charge in [-0.25, -0.2) is 0 Å². The number of rotatable bonds is 8. The van der Waals surface area contributed by atoms with Crippen LogP contribution in [0.4, 0.5) is 0 Å². The van der Waals surface area contributed by atoms with Crippen molar-refractivity contribution in [2.45, 2.75) is 6.92 Å². The first kappa shape index (κ1) is 19.8. The van der Waals surface area contributed by atoms with E-state index in [9.17, 15) is 9.59 Å². The second-order valence-electron chi connectivity index (χ2n) is 5.57. The fraction of sp³-hybridized carbons (Fsp3) is 0.200. The van der Waals surface area contributed by atoms with Gasteiger partial charge < -0.3 is 14.2 Å². The van der Waals surface area contributed by atoms with Crippen LogP contribution < -0.4 is 25.1 Å². The molecule has 142 valence electrons. The summed E-state index contributed by atoms with van der Waals surface area (Å²) >= 11 is 0. The van der Waals surface area contributed by atoms with E-state index in [-0.39, 0.29) is 6.61 Å². The van der Waals surface area contributed by atoms with Gasteiger partial charge in [0.25, 0.3) is 11.8 Å². The van der Waals surface area contributed by atoms with Gasteiger partial charge >= 0.3 is 0 Å². The number of benzene rings is 2. The Balaban J connectivity index is 1.81. The van der Waals surface area contributed by atoms with Crippen molar-refractivity contribution in [3.05, 3.63) is 66.2 Å². The quantitative estimate of drug-likeness (QED) is 0.551. The SMILES string of the molecule is C=CCOc1ccc(C(=O)NNC(=O)COc2ccc(C)cc2OC)cc1. The Kier molecular flexibility index (Phi) is 7.25. The van der Waals surface area contributed by atoms with E-state index in [2.05, 4.69) is 17.4 Å². The molecule has 0 unspecified atom stereocenters. The van der Waals surface area contributed by atoms with E-state index < -0.39 is 11.8 Å². The van der Waals surface area contributed by atoms with Gasteiger partial charge in [0.1, 0.15) is 12.4 Å². The molecule has 0 heterocycles. The molecule has 0 fully saturated rings. The molecule has 7 heteroatoms. The van der Waals surface area contributed by atoms with E-state index in [0.717, 1.165) is 5.56 Å². The number of carbonyl (C=O) groups excluding carboxylic acids is 2. The summed E-state index contributed by atoms with van der Waals surface area (Å²) in [5, 5.41) is 0. The largest absolute Gasteiger partial charge is 0.493 e. The van der Waals surface area contributed by atoms with Crippen LogP contribution in [0.5, 0.6) is 17.2 Å². The Bertz CT molecular complexity index is 803. The Morgan fingerprint density at radius 1 is 1.04 bits per heavy atom. The number of methoxy groups -OCH3 is 1. The van der Waals surface area contributed by atoms with E-state index in [1.54, 1.807) is 42.5 Å². The van der Waals surface area contributed by atoms with Crippen LogP contribution >= 0.6 is 0 Å². The van der Waals surface area contributed by atoms with Gasteiger partial charge in [0.15, 0.2) is 18.1 Å². The van der Waals surface area contributed by atoms with Crippen molar-refractivity contribution in [1.29, 1.82) is 0 Å². The van der Waals surface area contributed by atoms with Gasteiger partial charge in [0.2, 0.25) is 0 Å². The van der Waals surface area contributed by atoms with Gasteiger partial charge in [-0.15, -0.1) is 0 Å². The normalized spacial score (nSPS) is 9.85. The molecule has 0 aliphatic heterocycles. The van der Waals surface area contributed by atoms with Crippen molar-refractivity contribution in [2.24, 2.45) is 0 Å². The summed E-state index contributed by atoms with van der Waals surface area (Å²) in [7, 11) is 1.52. The second kappa shape index (κ2) is 9.86. The van der Waals surface area contributed by atoms with Crippen molar-refractivity contribution in [3.63, 3.8) is 0 Å². The maximum Gasteiger partial charge on any atom is 0.276 e. The average molecular weight is 370 g/mol. The molecule has 7 nitrogen and oxygen atoms in total. The van der Waals surface area contributed by atoms with Gasteiger partial charge in [-0.3, -0.25) is 20.4 Å². The standard InChI is InChI=1S/C20H22N2O5/c1-4-11-26-16-8-6-15(7-9-16)20(24)22-21-19(23)13-27-17-10-5-14(2)12-18(17)25-3/h4-10,12H,1,11,13H2,2-3H3,(H,21,23)(H,22,24). The van der Waals surface area contributed by atoms with Gasteiger partial charge in [0, 0.05) is 5.56 Å². The van der Waals surface area contributed by atoms with Gasteiger partial charge in [-0.05, 0) is 48.9 Å². The number of ether oxygens (including phenoxy) is 3. The summed E-state index contributed by atoms with van der Waals surface area (Å²) < 4.78 is 16.0. The van der Waals surface area contributed by atoms with Crippen LogP contribution in [0.1, 0.15) is 15.9 Å². The van der Waals surface area contributed by atoms with E-state index in [1.807, 2.05) is 13.0 Å². The minimum Gasteiger partial charge on any atom is -0.493 e. The molecule has 0 radical (unpaired) electrons. The molecule has 27 heavy (non-hydrogen) atoms. The number of amides is 2. The zero-order valence-electron chi connectivity index (χ0n) is 15.3. The van der Waals surface area contributed by atoms with Crippen molar-refractivity contribution < 1.29 is 23.8 Å². The molecule has 0 aliphatic carbocycles. The van der Waals surface area contributed by atoms with Crippen molar-refractivity contribution in [1.82, 2.24) is 10.9 Å². The summed E-state index contributed by atoms with van der Waals surface area (Å²) in [6.45, 7) is 5.60. The Morgan fingerprint density at radius 2 is 1.78 bits per heavy atom. The Morgan fingerprint density at radius 3 is 2.44 bits per heavy atom. The van der Waals surface area contributed by atoms with Gasteiger partial charge in [-0.2, -0.15) is 0 Å². The first-order valence-electron chi connectivity index (χ1n) is 8.24. The summed E-state index contributed by atoms with van der Waals surface area (Å²) in [5.41, 5.74) is 6.02. The molecule has 0 saturated heterocycles. The minimum absolute atomic E-state index is 0.270. The molecule has 2 amide bonds. The van der Waals surface area contributed by atoms with Gasteiger partial charge in [0.05, 0.1) is 7.11 Å². The third-order valence-corrected chi connectivity index (χ3v) is 3.48. The number of aryl methyl sites for hydroxylation is 1. The first-order valence-corrected chi connectivity index (χ1v) is 8.24. The summed E-state index contributed by atoms with van der Waals surface area (Å²) in [6.07, 6.45) is 1.63. The molecule has 2 rings (SSSR count). The van der Waals surface area contributed by atoms with Crippen LogP contribution in [0.25, 0.3) is 0 Å². The predicted octanol–water partition coefficient (Wildman–Crippen LogP) is 2.41. The molecule has 0 bridgehead atoms. The third-order valence-electron chi connectivity index (χ3n) is 3.48. The topological polar surface area (TPSA) is 85.9 Å². The van der Waals surface area contributed by atoms with E-state index >= 15 is 0 Å². The summed E-state index contributed by atoms with van der Waals surface area (Å²) in [6, 6.07) is 11.9. The van der Waals surface area contributed by atoms with Crippen molar-refractivity contribution >= 4 is 11.8 Å². The average Bonchev–Trinajstić information content (AvgIpc) is 2.69. The smallest absolute Gasteiger partial charge is 0.276 e. The number of nitrogens with one attached hydrogen (secondary N) is 2. The lowest BCUT2D eigenvalue weighted by atomic mass is 10.2.